The van der Waals surface area contributed by atoms with Crippen molar-refractivity contribution in [2.75, 3.05) is 6.54 Å². The van der Waals surface area contributed by atoms with E-state index in [9.17, 15) is 9.59 Å². The number of hydrogen-bond donors (Lipinski definition) is 2. The number of aliphatic carboxylic acids is 1. The molecule has 4 heteroatoms. The van der Waals surface area contributed by atoms with Gasteiger partial charge in [-0.3, -0.25) is 9.59 Å². The molecule has 0 heterocycles. The Bertz CT molecular complexity index is 241. The van der Waals surface area contributed by atoms with Gasteiger partial charge in [0.1, 0.15) is 11.7 Å². The van der Waals surface area contributed by atoms with Crippen molar-refractivity contribution >= 4 is 11.8 Å². The van der Waals surface area contributed by atoms with E-state index in [2.05, 4.69) is 6.92 Å². The maximum atomic E-state index is 11.7. The Balaban J connectivity index is 3.64. The van der Waals surface area contributed by atoms with E-state index >= 15 is 0 Å². The molecule has 1 atom stereocenters. The molecule has 106 valence electrons. The summed E-state index contributed by atoms with van der Waals surface area (Å²) < 4.78 is 0. The minimum atomic E-state index is -1.03. The summed E-state index contributed by atoms with van der Waals surface area (Å²) >= 11 is 0. The summed E-state index contributed by atoms with van der Waals surface area (Å²) in [6.45, 7) is 2.43. The lowest BCUT2D eigenvalue weighted by Gasteiger charge is -2.09. The first-order valence-corrected chi connectivity index (χ1v) is 7.09. The molecule has 0 aromatic heterocycles. The second-order valence-corrected chi connectivity index (χ2v) is 4.81. The van der Waals surface area contributed by atoms with Crippen molar-refractivity contribution in [3.05, 3.63) is 0 Å². The van der Waals surface area contributed by atoms with Gasteiger partial charge in [-0.05, 0) is 19.4 Å². The molecule has 0 aliphatic carbocycles. The third-order valence-electron chi connectivity index (χ3n) is 3.17. The highest BCUT2D eigenvalue weighted by atomic mass is 16.4. The Labute approximate surface area is 110 Å². The van der Waals surface area contributed by atoms with Crippen LogP contribution in [0.2, 0.25) is 0 Å². The summed E-state index contributed by atoms with van der Waals surface area (Å²) in [7, 11) is 0. The molecule has 0 spiro atoms. The smallest absolute Gasteiger partial charge is 0.314 e. The van der Waals surface area contributed by atoms with Crippen LogP contribution in [0, 0.1) is 5.92 Å². The van der Waals surface area contributed by atoms with E-state index in [1.807, 2.05) is 0 Å². The number of hydrogen-bond acceptors (Lipinski definition) is 3. The first-order chi connectivity index (χ1) is 8.63. The molecule has 0 fully saturated rings. The summed E-state index contributed by atoms with van der Waals surface area (Å²) in [6.07, 6.45) is 8.58. The highest BCUT2D eigenvalue weighted by Gasteiger charge is 2.24. The van der Waals surface area contributed by atoms with Crippen LogP contribution in [0.4, 0.5) is 0 Å². The molecule has 3 N–H and O–H groups in total. The number of ketones is 1. The maximum Gasteiger partial charge on any atom is 0.314 e. The molecule has 0 amide bonds. The fourth-order valence-electron chi connectivity index (χ4n) is 2.02. The van der Waals surface area contributed by atoms with Gasteiger partial charge in [-0.2, -0.15) is 0 Å². The van der Waals surface area contributed by atoms with Gasteiger partial charge in [0.05, 0.1) is 0 Å². The van der Waals surface area contributed by atoms with Crippen LogP contribution in [0.25, 0.3) is 0 Å². The normalized spacial score (nSPS) is 12.3. The largest absolute Gasteiger partial charge is 0.481 e. The third kappa shape index (κ3) is 8.23. The molecule has 0 aliphatic heterocycles. The summed E-state index contributed by atoms with van der Waals surface area (Å²) in [6, 6.07) is 0. The first-order valence-electron chi connectivity index (χ1n) is 7.09. The van der Waals surface area contributed by atoms with E-state index < -0.39 is 11.9 Å². The molecular formula is C14H27NO3. The van der Waals surface area contributed by atoms with E-state index in [0.29, 0.717) is 6.42 Å². The van der Waals surface area contributed by atoms with Crippen LogP contribution in [0.3, 0.4) is 0 Å². The molecule has 0 saturated carbocycles. The van der Waals surface area contributed by atoms with Crippen LogP contribution >= 0.6 is 0 Å². The fraction of sp³-hybridized carbons (Fsp3) is 0.857. The standard InChI is InChI=1S/C14H27NO3/c1-2-3-4-5-6-7-8-9-13(16)12(10-11-15)14(17)18/h12H,2-11,15H2,1H3,(H,17,18). The molecular weight excluding hydrogens is 230 g/mol. The maximum absolute atomic E-state index is 11.7. The summed E-state index contributed by atoms with van der Waals surface area (Å²) in [4.78, 5) is 22.5. The van der Waals surface area contributed by atoms with Crippen LogP contribution in [0.1, 0.15) is 64.7 Å². The lowest BCUT2D eigenvalue weighted by Crippen LogP contribution is -2.26. The average molecular weight is 257 g/mol. The molecule has 0 rings (SSSR count). The van der Waals surface area contributed by atoms with Gasteiger partial charge in [0.25, 0.3) is 0 Å². The van der Waals surface area contributed by atoms with Crippen LogP contribution in [-0.2, 0) is 9.59 Å². The zero-order chi connectivity index (χ0) is 13.8. The molecule has 0 radical (unpaired) electrons. The molecule has 1 unspecified atom stereocenters. The topological polar surface area (TPSA) is 80.4 Å². The number of rotatable bonds is 12. The van der Waals surface area contributed by atoms with Crippen molar-refractivity contribution < 1.29 is 14.7 Å². The Morgan fingerprint density at radius 1 is 1.06 bits per heavy atom. The minimum Gasteiger partial charge on any atom is -0.481 e. The molecule has 0 aliphatic rings. The third-order valence-corrected chi connectivity index (χ3v) is 3.17. The Morgan fingerprint density at radius 2 is 1.61 bits per heavy atom. The van der Waals surface area contributed by atoms with Crippen molar-refractivity contribution in [1.29, 1.82) is 0 Å². The summed E-state index contributed by atoms with van der Waals surface area (Å²) in [5.74, 6) is -2.09. The van der Waals surface area contributed by atoms with Crippen molar-refractivity contribution in [2.24, 2.45) is 11.7 Å². The molecule has 4 nitrogen and oxygen atoms in total. The number of nitrogens with two attached hydrogens (primary N) is 1. The Hall–Kier alpha value is -0.900. The highest BCUT2D eigenvalue weighted by molar-refractivity contribution is 5.98. The highest BCUT2D eigenvalue weighted by Crippen LogP contribution is 2.13. The zero-order valence-electron chi connectivity index (χ0n) is 11.5. The van der Waals surface area contributed by atoms with E-state index in [1.54, 1.807) is 0 Å². The lowest BCUT2D eigenvalue weighted by atomic mass is 9.95. The van der Waals surface area contributed by atoms with Crippen LogP contribution in [-0.4, -0.2) is 23.4 Å². The Kier molecular flexibility index (Phi) is 10.6. The van der Waals surface area contributed by atoms with E-state index in [4.69, 9.17) is 10.8 Å². The SMILES string of the molecule is CCCCCCCCCC(=O)C(CCN)C(=O)O. The molecule has 0 bridgehead atoms. The minimum absolute atomic E-state index is 0.165. The Morgan fingerprint density at radius 3 is 2.11 bits per heavy atom. The van der Waals surface area contributed by atoms with Gasteiger partial charge >= 0.3 is 5.97 Å². The van der Waals surface area contributed by atoms with E-state index in [-0.39, 0.29) is 18.7 Å². The predicted octanol–water partition coefficient (Wildman–Crippen LogP) is 2.75. The number of unbranched alkanes of at least 4 members (excludes halogenated alkanes) is 6. The van der Waals surface area contributed by atoms with Crippen molar-refractivity contribution in [1.82, 2.24) is 0 Å². The average Bonchev–Trinajstić information content (AvgIpc) is 2.34. The number of Topliss-reactive ketones (excluding diaryl/α,β-unsaturated/α-hetero) is 1. The van der Waals surface area contributed by atoms with Gasteiger partial charge in [0.2, 0.25) is 0 Å². The van der Waals surface area contributed by atoms with Gasteiger partial charge in [-0.15, -0.1) is 0 Å². The first kappa shape index (κ1) is 17.1. The lowest BCUT2D eigenvalue weighted by molar-refractivity contribution is -0.146. The summed E-state index contributed by atoms with van der Waals surface area (Å²) in [5.41, 5.74) is 5.31. The molecule has 18 heavy (non-hydrogen) atoms. The number of carbonyl (C=O) groups excluding carboxylic acids is 1. The van der Waals surface area contributed by atoms with Crippen LogP contribution in [0.15, 0.2) is 0 Å². The van der Waals surface area contributed by atoms with E-state index in [1.165, 1.54) is 25.7 Å². The van der Waals surface area contributed by atoms with Crippen molar-refractivity contribution in [3.63, 3.8) is 0 Å². The van der Waals surface area contributed by atoms with Gasteiger partial charge in [0, 0.05) is 6.42 Å². The predicted molar refractivity (Wildman–Crippen MR) is 72.4 cm³/mol. The van der Waals surface area contributed by atoms with Crippen LogP contribution < -0.4 is 5.73 Å². The zero-order valence-corrected chi connectivity index (χ0v) is 11.5. The number of carboxylic acids is 1. The van der Waals surface area contributed by atoms with Gasteiger partial charge < -0.3 is 10.8 Å². The van der Waals surface area contributed by atoms with Crippen molar-refractivity contribution in [2.45, 2.75) is 64.7 Å². The van der Waals surface area contributed by atoms with Crippen molar-refractivity contribution in [3.8, 4) is 0 Å². The monoisotopic (exact) mass is 257 g/mol. The second-order valence-electron chi connectivity index (χ2n) is 4.81. The second kappa shape index (κ2) is 11.2. The number of carboxylic acid groups (broad SMARTS) is 1. The summed E-state index contributed by atoms with van der Waals surface area (Å²) in [5, 5.41) is 8.90. The van der Waals surface area contributed by atoms with Gasteiger partial charge in [0.15, 0.2) is 0 Å². The van der Waals surface area contributed by atoms with E-state index in [0.717, 1.165) is 19.3 Å². The quantitative estimate of drug-likeness (QED) is 0.416. The van der Waals surface area contributed by atoms with Gasteiger partial charge in [-0.1, -0.05) is 45.4 Å². The molecule has 0 aromatic carbocycles. The number of carbonyl (C=O) groups is 2. The van der Waals surface area contributed by atoms with Crippen LogP contribution in [0.5, 0.6) is 0 Å². The fourth-order valence-corrected chi connectivity index (χ4v) is 2.02. The molecule has 0 aromatic rings. The molecule has 0 saturated heterocycles. The van der Waals surface area contributed by atoms with Gasteiger partial charge in [-0.25, -0.2) is 0 Å².